The zero-order valence-corrected chi connectivity index (χ0v) is 20.4. The first-order chi connectivity index (χ1) is 16.4. The van der Waals surface area contributed by atoms with E-state index >= 15 is 0 Å². The van der Waals surface area contributed by atoms with Gasteiger partial charge in [-0.25, -0.2) is 0 Å². The number of likely N-dealkylation sites (tertiary alicyclic amines) is 1. The number of rotatable bonds is 11. The van der Waals surface area contributed by atoms with Crippen molar-refractivity contribution in [1.82, 2.24) is 4.90 Å². The molecule has 34 heavy (non-hydrogen) atoms. The number of ether oxygens (including phenoxy) is 3. The third kappa shape index (κ3) is 5.54. The molecule has 182 valence electrons. The van der Waals surface area contributed by atoms with Crippen LogP contribution in [0.3, 0.4) is 0 Å². The Morgan fingerprint density at radius 1 is 1.03 bits per heavy atom. The minimum Gasteiger partial charge on any atom is -0.507 e. The molecule has 0 radical (unpaired) electrons. The molecule has 2 aromatic rings. The minimum atomic E-state index is -0.786. The first-order valence-corrected chi connectivity index (χ1v) is 11.6. The van der Waals surface area contributed by atoms with E-state index in [4.69, 9.17) is 25.8 Å². The lowest BCUT2D eigenvalue weighted by atomic mass is 9.95. The molecule has 1 aliphatic rings. The van der Waals surface area contributed by atoms with Gasteiger partial charge in [-0.2, -0.15) is 0 Å². The van der Waals surface area contributed by atoms with Crippen LogP contribution in [0.15, 0.2) is 48.0 Å². The normalized spacial score (nSPS) is 17.3. The van der Waals surface area contributed by atoms with Crippen molar-refractivity contribution in [1.29, 1.82) is 0 Å². The van der Waals surface area contributed by atoms with E-state index in [0.29, 0.717) is 47.3 Å². The monoisotopic (exact) mass is 487 g/mol. The lowest BCUT2D eigenvalue weighted by molar-refractivity contribution is -0.140. The molecular formula is C26H30ClNO6. The van der Waals surface area contributed by atoms with Crippen LogP contribution in [-0.2, 0) is 14.3 Å². The minimum absolute atomic E-state index is 0.0199. The number of unbranched alkanes of at least 4 members (excludes halogenated alkanes) is 1. The average Bonchev–Trinajstić information content (AvgIpc) is 3.09. The molecule has 2 aromatic carbocycles. The quantitative estimate of drug-likeness (QED) is 0.208. The maximum absolute atomic E-state index is 13.1. The Labute approximate surface area is 204 Å². The first kappa shape index (κ1) is 25.6. The van der Waals surface area contributed by atoms with E-state index in [1.54, 1.807) is 49.6 Å². The van der Waals surface area contributed by atoms with Gasteiger partial charge in [0.15, 0.2) is 11.5 Å². The van der Waals surface area contributed by atoms with Crippen LogP contribution >= 0.6 is 11.6 Å². The van der Waals surface area contributed by atoms with Gasteiger partial charge >= 0.3 is 0 Å². The number of ketones is 1. The lowest BCUT2D eigenvalue weighted by Gasteiger charge is -2.26. The number of Topliss-reactive ketones (excluding diaryl/α,β-unsaturated/α-hetero) is 1. The van der Waals surface area contributed by atoms with E-state index in [-0.39, 0.29) is 17.9 Å². The summed E-state index contributed by atoms with van der Waals surface area (Å²) >= 11 is 5.98. The standard InChI is InChI=1S/C26H30ClNO6/c1-4-5-15-34-20-12-9-18(16-21(20)33-3)23-22(24(29)17-7-10-19(27)11-8-17)25(30)26(31)28(23)13-6-14-32-2/h7-12,16,23,29H,4-6,13-15H2,1-3H3/b24-22+. The molecule has 1 unspecified atom stereocenters. The molecule has 3 rings (SSSR count). The van der Waals surface area contributed by atoms with Crippen molar-refractivity contribution in [3.8, 4) is 11.5 Å². The van der Waals surface area contributed by atoms with Crippen molar-refractivity contribution >= 4 is 29.1 Å². The molecular weight excluding hydrogens is 458 g/mol. The number of aliphatic hydroxyl groups excluding tert-OH is 1. The van der Waals surface area contributed by atoms with Crippen LogP contribution in [0.5, 0.6) is 11.5 Å². The van der Waals surface area contributed by atoms with Gasteiger partial charge in [0.1, 0.15) is 5.76 Å². The Balaban J connectivity index is 2.08. The maximum Gasteiger partial charge on any atom is 0.295 e. The number of hydrogen-bond acceptors (Lipinski definition) is 6. The second-order valence-electron chi connectivity index (χ2n) is 7.96. The van der Waals surface area contributed by atoms with Gasteiger partial charge < -0.3 is 24.2 Å². The van der Waals surface area contributed by atoms with Crippen LogP contribution in [0.25, 0.3) is 5.76 Å². The Hall–Kier alpha value is -3.03. The van der Waals surface area contributed by atoms with Gasteiger partial charge in [0, 0.05) is 30.8 Å². The molecule has 1 saturated heterocycles. The topological polar surface area (TPSA) is 85.3 Å². The number of amides is 1. The highest BCUT2D eigenvalue weighted by molar-refractivity contribution is 6.46. The highest BCUT2D eigenvalue weighted by Crippen LogP contribution is 2.42. The zero-order chi connectivity index (χ0) is 24.7. The number of nitrogens with zero attached hydrogens (tertiary/aromatic N) is 1. The summed E-state index contributed by atoms with van der Waals surface area (Å²) < 4.78 is 16.5. The van der Waals surface area contributed by atoms with E-state index in [0.717, 1.165) is 12.8 Å². The van der Waals surface area contributed by atoms with Crippen molar-refractivity contribution in [3.63, 3.8) is 0 Å². The summed E-state index contributed by atoms with van der Waals surface area (Å²) in [4.78, 5) is 27.5. The molecule has 1 aliphatic heterocycles. The Morgan fingerprint density at radius 3 is 2.41 bits per heavy atom. The van der Waals surface area contributed by atoms with Crippen LogP contribution in [0.1, 0.15) is 43.4 Å². The first-order valence-electron chi connectivity index (χ1n) is 11.3. The fourth-order valence-electron chi connectivity index (χ4n) is 3.90. The largest absolute Gasteiger partial charge is 0.507 e. The Morgan fingerprint density at radius 2 is 1.76 bits per heavy atom. The molecule has 7 nitrogen and oxygen atoms in total. The summed E-state index contributed by atoms with van der Waals surface area (Å²) in [5.74, 6) is -0.594. The average molecular weight is 488 g/mol. The molecule has 0 aliphatic carbocycles. The fraction of sp³-hybridized carbons (Fsp3) is 0.385. The van der Waals surface area contributed by atoms with Crippen LogP contribution in [0.4, 0.5) is 0 Å². The van der Waals surface area contributed by atoms with E-state index in [1.807, 2.05) is 0 Å². The van der Waals surface area contributed by atoms with E-state index in [9.17, 15) is 14.7 Å². The highest BCUT2D eigenvalue weighted by atomic mass is 35.5. The number of carbonyl (C=O) groups is 2. The molecule has 1 atom stereocenters. The van der Waals surface area contributed by atoms with Gasteiger partial charge in [-0.15, -0.1) is 0 Å². The Kier molecular flexibility index (Phi) is 8.96. The van der Waals surface area contributed by atoms with E-state index in [1.165, 1.54) is 12.0 Å². The van der Waals surface area contributed by atoms with Gasteiger partial charge in [-0.05, 0) is 54.8 Å². The zero-order valence-electron chi connectivity index (χ0n) is 19.7. The summed E-state index contributed by atoms with van der Waals surface area (Å²) in [6.07, 6.45) is 2.45. The van der Waals surface area contributed by atoms with Crippen LogP contribution in [-0.4, -0.2) is 55.7 Å². The van der Waals surface area contributed by atoms with Crippen LogP contribution < -0.4 is 9.47 Å². The maximum atomic E-state index is 13.1. The van der Waals surface area contributed by atoms with E-state index < -0.39 is 17.7 Å². The number of aliphatic hydroxyl groups is 1. The SMILES string of the molecule is CCCCOc1ccc(C2/C(=C(\O)c3ccc(Cl)cc3)C(=O)C(=O)N2CCCOC)cc1OC. The van der Waals surface area contributed by atoms with Crippen molar-refractivity contribution in [2.45, 2.75) is 32.2 Å². The summed E-state index contributed by atoms with van der Waals surface area (Å²) in [7, 11) is 3.11. The smallest absolute Gasteiger partial charge is 0.295 e. The van der Waals surface area contributed by atoms with Crippen LogP contribution in [0, 0.1) is 0 Å². The van der Waals surface area contributed by atoms with Crippen LogP contribution in [0.2, 0.25) is 5.02 Å². The third-order valence-electron chi connectivity index (χ3n) is 5.66. The van der Waals surface area contributed by atoms with E-state index in [2.05, 4.69) is 6.92 Å². The summed E-state index contributed by atoms with van der Waals surface area (Å²) in [5.41, 5.74) is 1.05. The summed E-state index contributed by atoms with van der Waals surface area (Å²) in [6.45, 7) is 3.35. The number of benzene rings is 2. The molecule has 8 heteroatoms. The summed E-state index contributed by atoms with van der Waals surface area (Å²) in [5, 5.41) is 11.6. The molecule has 0 spiro atoms. The second kappa shape index (κ2) is 11.9. The summed E-state index contributed by atoms with van der Waals surface area (Å²) in [6, 6.07) is 11.0. The van der Waals surface area contributed by atoms with Crippen molar-refractivity contribution in [2.75, 3.05) is 34.0 Å². The lowest BCUT2D eigenvalue weighted by Crippen LogP contribution is -2.31. The predicted octanol–water partition coefficient (Wildman–Crippen LogP) is 4.99. The molecule has 0 bridgehead atoms. The molecule has 0 saturated carbocycles. The number of hydrogen-bond donors (Lipinski definition) is 1. The number of methoxy groups -OCH3 is 2. The number of carbonyl (C=O) groups excluding carboxylic acids is 2. The third-order valence-corrected chi connectivity index (χ3v) is 5.92. The van der Waals surface area contributed by atoms with Crippen molar-refractivity contribution < 1.29 is 28.9 Å². The van der Waals surface area contributed by atoms with Gasteiger partial charge in [0.25, 0.3) is 11.7 Å². The van der Waals surface area contributed by atoms with Gasteiger partial charge in [0.2, 0.25) is 0 Å². The molecule has 1 amide bonds. The molecule has 1 heterocycles. The predicted molar refractivity (Wildman–Crippen MR) is 130 cm³/mol. The fourth-order valence-corrected chi connectivity index (χ4v) is 4.03. The second-order valence-corrected chi connectivity index (χ2v) is 8.39. The van der Waals surface area contributed by atoms with Gasteiger partial charge in [-0.1, -0.05) is 31.0 Å². The molecule has 1 N–H and O–H groups in total. The number of halogens is 1. The van der Waals surface area contributed by atoms with Gasteiger partial charge in [0.05, 0.1) is 25.3 Å². The molecule has 0 aromatic heterocycles. The Bertz CT molecular complexity index is 1050. The van der Waals surface area contributed by atoms with Crippen molar-refractivity contribution in [2.24, 2.45) is 0 Å². The molecule has 1 fully saturated rings. The highest BCUT2D eigenvalue weighted by Gasteiger charge is 2.46. The van der Waals surface area contributed by atoms with Crippen molar-refractivity contribution in [3.05, 3.63) is 64.2 Å². The van der Waals surface area contributed by atoms with Gasteiger partial charge in [-0.3, -0.25) is 9.59 Å².